The third-order valence-corrected chi connectivity index (χ3v) is 10.5. The molecule has 1 fully saturated rings. The van der Waals surface area contributed by atoms with Crippen LogP contribution in [0.1, 0.15) is 58.1 Å². The minimum atomic E-state index is -1.29. The van der Waals surface area contributed by atoms with Gasteiger partial charge < -0.3 is 31.9 Å². The number of amides is 6. The van der Waals surface area contributed by atoms with E-state index in [2.05, 4.69) is 38.8 Å². The molecule has 3 rings (SSSR count). The lowest BCUT2D eigenvalue weighted by Gasteiger charge is -2.28. The van der Waals surface area contributed by atoms with E-state index in [-0.39, 0.29) is 18.8 Å². The number of carbonyl (C=O) groups is 6. The van der Waals surface area contributed by atoms with Gasteiger partial charge >= 0.3 is 0 Å². The Kier molecular flexibility index (Phi) is 17.2. The van der Waals surface area contributed by atoms with Crippen molar-refractivity contribution >= 4 is 57.0 Å². The first-order chi connectivity index (χ1) is 24.0. The predicted molar refractivity (Wildman–Crippen MR) is 198 cm³/mol. The Labute approximate surface area is 302 Å². The van der Waals surface area contributed by atoms with Gasteiger partial charge in [0, 0.05) is 30.9 Å². The van der Waals surface area contributed by atoms with Gasteiger partial charge in [-0.15, -0.1) is 0 Å². The Balaban J connectivity index is 1.94. The van der Waals surface area contributed by atoms with Gasteiger partial charge in [0.15, 0.2) is 0 Å². The second-order valence-electron chi connectivity index (χ2n) is 12.6. The monoisotopic (exact) mass is 726 g/mol. The quantitative estimate of drug-likeness (QED) is 0.135. The normalized spacial score (nSPS) is 22.5. The van der Waals surface area contributed by atoms with E-state index < -0.39 is 72.1 Å². The first-order valence-corrected chi connectivity index (χ1v) is 19.6. The van der Waals surface area contributed by atoms with Crippen molar-refractivity contribution in [2.45, 2.75) is 90.0 Å². The lowest BCUT2D eigenvalue weighted by atomic mass is 10.0. The lowest BCUT2D eigenvalue weighted by molar-refractivity contribution is -0.137. The van der Waals surface area contributed by atoms with Crippen LogP contribution in [0, 0.1) is 5.92 Å². The third kappa shape index (κ3) is 13.7. The average molecular weight is 727 g/mol. The largest absolute Gasteiger partial charge is 0.353 e. The number of unbranched alkanes of at least 4 members (excludes halogenated alkanes) is 1. The van der Waals surface area contributed by atoms with E-state index >= 15 is 0 Å². The van der Waals surface area contributed by atoms with Crippen LogP contribution in [0.4, 0.5) is 0 Å². The molecular formula is C36H50N6O6S2. The van der Waals surface area contributed by atoms with E-state index in [4.69, 9.17) is 0 Å². The molecule has 0 saturated carbocycles. The molecule has 2 aromatic carbocycles. The number of carbonyl (C=O) groups excluding carboxylic acids is 6. The van der Waals surface area contributed by atoms with Gasteiger partial charge in [-0.05, 0) is 30.4 Å². The zero-order valence-corrected chi connectivity index (χ0v) is 30.8. The van der Waals surface area contributed by atoms with Crippen molar-refractivity contribution in [3.63, 3.8) is 0 Å². The summed E-state index contributed by atoms with van der Waals surface area (Å²) in [5, 5.41) is 16.4. The smallest absolute Gasteiger partial charge is 0.243 e. The van der Waals surface area contributed by atoms with Gasteiger partial charge in [-0.3, -0.25) is 28.8 Å². The summed E-state index contributed by atoms with van der Waals surface area (Å²) >= 11 is 0. The first-order valence-electron chi connectivity index (χ1n) is 17.1. The number of nitrogens with one attached hydrogen (secondary N) is 6. The molecule has 14 heteroatoms. The molecule has 1 saturated heterocycles. The van der Waals surface area contributed by atoms with E-state index in [0.717, 1.165) is 29.7 Å². The summed E-state index contributed by atoms with van der Waals surface area (Å²) in [7, 11) is 3.35. The first kappa shape index (κ1) is 40.4. The molecule has 1 heterocycles. The molecule has 0 aliphatic carbocycles. The molecule has 50 heavy (non-hydrogen) atoms. The van der Waals surface area contributed by atoms with Crippen molar-refractivity contribution in [1.29, 1.82) is 0 Å². The fraction of sp³-hybridized carbons (Fsp3) is 0.500. The maximum absolute atomic E-state index is 14.0. The molecule has 272 valence electrons. The van der Waals surface area contributed by atoms with Gasteiger partial charge in [-0.1, -0.05) is 109 Å². The summed E-state index contributed by atoms with van der Waals surface area (Å²) in [6.07, 6.45) is 1.94. The van der Waals surface area contributed by atoms with Gasteiger partial charge in [0.1, 0.15) is 30.2 Å². The topological polar surface area (TPSA) is 175 Å². The summed E-state index contributed by atoms with van der Waals surface area (Å²) < 4.78 is 0. The predicted octanol–water partition coefficient (Wildman–Crippen LogP) is 2.27. The van der Waals surface area contributed by atoms with Crippen LogP contribution >= 0.6 is 21.6 Å². The zero-order valence-electron chi connectivity index (χ0n) is 29.2. The number of hydrogen-bond donors (Lipinski definition) is 6. The van der Waals surface area contributed by atoms with E-state index in [1.54, 1.807) is 35.4 Å². The van der Waals surface area contributed by atoms with Crippen molar-refractivity contribution in [2.75, 3.05) is 18.1 Å². The Bertz CT molecular complexity index is 1430. The lowest BCUT2D eigenvalue weighted by Crippen LogP contribution is -2.61. The van der Waals surface area contributed by atoms with Gasteiger partial charge in [0.2, 0.25) is 35.4 Å². The van der Waals surface area contributed by atoms with Crippen LogP contribution in [0.2, 0.25) is 0 Å². The van der Waals surface area contributed by atoms with Crippen molar-refractivity contribution in [1.82, 2.24) is 31.9 Å². The Morgan fingerprint density at radius 3 is 1.84 bits per heavy atom. The molecule has 2 aromatic rings. The fourth-order valence-corrected chi connectivity index (χ4v) is 7.29. The number of hydrogen-bond acceptors (Lipinski definition) is 8. The Hall–Kier alpha value is -4.04. The number of benzene rings is 2. The molecule has 6 amide bonds. The van der Waals surface area contributed by atoms with Crippen LogP contribution in [0.3, 0.4) is 0 Å². The van der Waals surface area contributed by atoms with E-state index in [1.807, 2.05) is 60.7 Å². The highest BCUT2D eigenvalue weighted by Crippen LogP contribution is 2.21. The fourth-order valence-electron chi connectivity index (χ4n) is 5.15. The van der Waals surface area contributed by atoms with Crippen molar-refractivity contribution < 1.29 is 28.8 Å². The van der Waals surface area contributed by atoms with E-state index in [0.29, 0.717) is 12.3 Å². The van der Waals surface area contributed by atoms with Crippen LogP contribution in [0.5, 0.6) is 0 Å². The second-order valence-corrected chi connectivity index (χ2v) is 15.3. The zero-order chi connectivity index (χ0) is 36.5. The molecule has 1 aliphatic heterocycles. The Morgan fingerprint density at radius 2 is 1.28 bits per heavy atom. The molecule has 6 N–H and O–H groups in total. The summed E-state index contributed by atoms with van der Waals surface area (Å²) in [5.41, 5.74) is 1.52. The SMILES string of the molecule is CCCCSSCCNC(=O)C1CC(=O)NC(C(C)C)C(=O)NC(C)C(=O)NC(Cc2ccccc2)C(=O)NC(Cc2ccccc2)C(=O)N1. The second kappa shape index (κ2) is 21.2. The minimum absolute atomic E-state index is 0.0818. The van der Waals surface area contributed by atoms with Crippen LogP contribution in [0.25, 0.3) is 0 Å². The van der Waals surface area contributed by atoms with Gasteiger partial charge in [0.05, 0.1) is 6.42 Å². The Morgan fingerprint density at radius 1 is 0.740 bits per heavy atom. The minimum Gasteiger partial charge on any atom is -0.353 e. The van der Waals surface area contributed by atoms with Crippen molar-refractivity contribution in [3.05, 3.63) is 71.8 Å². The van der Waals surface area contributed by atoms with Crippen molar-refractivity contribution in [2.24, 2.45) is 5.92 Å². The van der Waals surface area contributed by atoms with Gasteiger partial charge in [-0.25, -0.2) is 0 Å². The molecular weight excluding hydrogens is 677 g/mol. The van der Waals surface area contributed by atoms with Crippen LogP contribution in [-0.2, 0) is 41.6 Å². The highest BCUT2D eigenvalue weighted by molar-refractivity contribution is 8.76. The van der Waals surface area contributed by atoms with E-state index in [9.17, 15) is 28.8 Å². The highest BCUT2D eigenvalue weighted by atomic mass is 33.1. The molecule has 1 aliphatic rings. The standard InChI is InChI=1S/C36H50N6O6S2/c1-5-6-18-49-50-19-17-37-33(45)29-22-30(43)42-31(23(2)3)36(48)38-24(4)32(44)39-27(20-25-13-9-7-10-14-25)34(46)40-28(35(47)41-29)21-26-15-11-8-12-16-26/h7-16,23-24,27-29,31H,5-6,17-22H2,1-4H3,(H,37,45)(H,38,48)(H,39,44)(H,40,46)(H,41,47)(H,42,43). The average Bonchev–Trinajstić information content (AvgIpc) is 3.09. The summed E-state index contributed by atoms with van der Waals surface area (Å²) in [5.74, 6) is -2.46. The van der Waals surface area contributed by atoms with Crippen LogP contribution in [-0.4, -0.2) is 83.7 Å². The molecule has 0 aromatic heterocycles. The maximum Gasteiger partial charge on any atom is 0.243 e. The maximum atomic E-state index is 14.0. The molecule has 5 atom stereocenters. The van der Waals surface area contributed by atoms with E-state index in [1.165, 1.54) is 6.92 Å². The molecule has 0 spiro atoms. The highest BCUT2D eigenvalue weighted by Gasteiger charge is 2.34. The van der Waals surface area contributed by atoms with Gasteiger partial charge in [0.25, 0.3) is 0 Å². The molecule has 0 radical (unpaired) electrons. The summed E-state index contributed by atoms with van der Waals surface area (Å²) in [4.78, 5) is 81.3. The summed E-state index contributed by atoms with van der Waals surface area (Å²) in [6, 6.07) is 12.5. The molecule has 0 bridgehead atoms. The van der Waals surface area contributed by atoms with Crippen molar-refractivity contribution in [3.8, 4) is 0 Å². The summed E-state index contributed by atoms with van der Waals surface area (Å²) in [6.45, 7) is 7.41. The molecule has 5 unspecified atom stereocenters. The van der Waals surface area contributed by atoms with Gasteiger partial charge in [-0.2, -0.15) is 0 Å². The third-order valence-electron chi connectivity index (χ3n) is 8.02. The molecule has 12 nitrogen and oxygen atoms in total. The number of rotatable bonds is 13. The van der Waals surface area contributed by atoms with Crippen LogP contribution in [0.15, 0.2) is 60.7 Å². The van der Waals surface area contributed by atoms with Crippen LogP contribution < -0.4 is 31.9 Å².